The van der Waals surface area contributed by atoms with Gasteiger partial charge in [-0.2, -0.15) is 0 Å². The number of nitrogens with zero attached hydrogens (tertiary/aromatic N) is 4. The zero-order valence-corrected chi connectivity index (χ0v) is 25.2. The third-order valence-electron chi connectivity index (χ3n) is 7.76. The van der Waals surface area contributed by atoms with Crippen LogP contribution in [0.5, 0.6) is 0 Å². The van der Waals surface area contributed by atoms with Crippen LogP contribution in [0.1, 0.15) is 72.1 Å². The van der Waals surface area contributed by atoms with Crippen molar-refractivity contribution in [2.75, 3.05) is 66.0 Å². The fraction of sp³-hybridized carbons (Fsp3) is 0.742. The summed E-state index contributed by atoms with van der Waals surface area (Å²) in [7, 11) is 1.86. The Kier molecular flexibility index (Phi) is 15.9. The zero-order valence-electron chi connectivity index (χ0n) is 25.2. The Morgan fingerprint density at radius 2 is 1.97 bits per heavy atom. The number of hydrogen-bond acceptors (Lipinski definition) is 5. The topological polar surface area (TPSA) is 82.4 Å². The van der Waals surface area contributed by atoms with Crippen LogP contribution in [-0.2, 0) is 9.53 Å². The molecular weight excluding hydrogens is 490 g/mol. The number of likely N-dealkylation sites (tertiary alicyclic amines) is 1. The number of urea groups is 1. The van der Waals surface area contributed by atoms with Crippen molar-refractivity contribution >= 4 is 11.9 Å². The van der Waals surface area contributed by atoms with Crippen LogP contribution in [0, 0.1) is 5.92 Å². The van der Waals surface area contributed by atoms with Gasteiger partial charge in [0.25, 0.3) is 0 Å². The van der Waals surface area contributed by atoms with E-state index in [1.165, 1.54) is 0 Å². The maximum Gasteiger partial charge on any atom is 0.319 e. The molecule has 0 aromatic rings. The molecule has 8 nitrogen and oxygen atoms in total. The molecule has 222 valence electrons. The second kappa shape index (κ2) is 18.9. The Hall–Kier alpha value is -2.32. The number of rotatable bonds is 19. The number of allylic oxidation sites excluding steroid dienone is 4. The van der Waals surface area contributed by atoms with Crippen molar-refractivity contribution in [3.05, 3.63) is 36.1 Å². The minimum absolute atomic E-state index is 0.116. The second-order valence-corrected chi connectivity index (χ2v) is 11.0. The quantitative estimate of drug-likeness (QED) is 0.111. The first-order valence-electron chi connectivity index (χ1n) is 15.2. The maximum absolute atomic E-state index is 13.5. The lowest BCUT2D eigenvalue weighted by Crippen LogP contribution is -2.44. The number of nitrogens with two attached hydrogens (primary N) is 1. The van der Waals surface area contributed by atoms with Gasteiger partial charge >= 0.3 is 6.03 Å². The molecule has 0 radical (unpaired) electrons. The summed E-state index contributed by atoms with van der Waals surface area (Å²) in [5, 5.41) is 0. The summed E-state index contributed by atoms with van der Waals surface area (Å²) in [6.45, 7) is 12.9. The molecule has 0 aromatic carbocycles. The van der Waals surface area contributed by atoms with E-state index in [4.69, 9.17) is 10.5 Å². The van der Waals surface area contributed by atoms with Gasteiger partial charge in [-0.1, -0.05) is 44.1 Å². The molecule has 0 unspecified atom stereocenters. The third kappa shape index (κ3) is 12.2. The van der Waals surface area contributed by atoms with Crippen LogP contribution in [0.2, 0.25) is 0 Å². The minimum Gasteiger partial charge on any atom is -0.498 e. The van der Waals surface area contributed by atoms with E-state index in [1.807, 2.05) is 37.9 Å². The maximum atomic E-state index is 13.5. The molecule has 2 aliphatic rings. The van der Waals surface area contributed by atoms with Crippen LogP contribution in [0.4, 0.5) is 4.79 Å². The number of ether oxygens (including phenoxy) is 1. The molecule has 2 rings (SSSR count). The highest BCUT2D eigenvalue weighted by Crippen LogP contribution is 2.27. The Balaban J connectivity index is 2.01. The van der Waals surface area contributed by atoms with Gasteiger partial charge in [0.15, 0.2) is 0 Å². The van der Waals surface area contributed by atoms with Gasteiger partial charge in [-0.15, -0.1) is 0 Å². The molecule has 0 bridgehead atoms. The molecule has 2 aliphatic heterocycles. The van der Waals surface area contributed by atoms with Crippen molar-refractivity contribution in [2.24, 2.45) is 11.7 Å². The summed E-state index contributed by atoms with van der Waals surface area (Å²) in [6.07, 6.45) is 18.5. The highest BCUT2D eigenvalue weighted by molar-refractivity contribution is 5.78. The minimum atomic E-state index is 0.116. The molecule has 0 aliphatic carbocycles. The van der Waals surface area contributed by atoms with E-state index >= 15 is 0 Å². The first-order chi connectivity index (χ1) is 18.9. The van der Waals surface area contributed by atoms with Crippen LogP contribution in [-0.4, -0.2) is 104 Å². The van der Waals surface area contributed by atoms with Crippen molar-refractivity contribution in [1.82, 2.24) is 19.6 Å². The van der Waals surface area contributed by atoms with Crippen molar-refractivity contribution in [3.8, 4) is 0 Å². The van der Waals surface area contributed by atoms with Gasteiger partial charge in [0.2, 0.25) is 5.91 Å². The molecule has 2 fully saturated rings. The number of carbonyl (C=O) groups excluding carboxylic acids is 2. The lowest BCUT2D eigenvalue weighted by atomic mass is 10.0. The molecule has 39 heavy (non-hydrogen) atoms. The molecule has 2 N–H and O–H groups in total. The summed E-state index contributed by atoms with van der Waals surface area (Å²) in [5.74, 6) is 1.52. The first kappa shape index (κ1) is 32.9. The van der Waals surface area contributed by atoms with Gasteiger partial charge in [0.05, 0.1) is 18.9 Å². The molecule has 0 spiro atoms. The van der Waals surface area contributed by atoms with E-state index in [0.717, 1.165) is 96.4 Å². The van der Waals surface area contributed by atoms with E-state index in [9.17, 15) is 9.59 Å². The average Bonchev–Trinajstić information content (AvgIpc) is 3.46. The third-order valence-corrected chi connectivity index (χ3v) is 7.76. The van der Waals surface area contributed by atoms with Crippen molar-refractivity contribution < 1.29 is 14.3 Å². The largest absolute Gasteiger partial charge is 0.498 e. The van der Waals surface area contributed by atoms with Gasteiger partial charge in [0, 0.05) is 52.4 Å². The Morgan fingerprint density at radius 3 is 2.67 bits per heavy atom. The summed E-state index contributed by atoms with van der Waals surface area (Å²) in [4.78, 5) is 34.1. The van der Waals surface area contributed by atoms with Crippen molar-refractivity contribution in [2.45, 2.75) is 78.2 Å². The Morgan fingerprint density at radius 1 is 1.18 bits per heavy atom. The number of hydrogen-bond donors (Lipinski definition) is 1. The van der Waals surface area contributed by atoms with Crippen LogP contribution < -0.4 is 5.73 Å². The van der Waals surface area contributed by atoms with Gasteiger partial charge < -0.3 is 25.2 Å². The SMILES string of the molecule is C/C=C/CCO/C(C)=C/C=C/[C@@H]1C[C@H](CCN2CCN(C)C2=O)N(CC(=O)N(CCCC)CCCCCN)C1. The van der Waals surface area contributed by atoms with Crippen LogP contribution in [0.15, 0.2) is 36.1 Å². The number of unbranched alkanes of at least 4 members (excludes halogenated alkanes) is 3. The molecule has 3 amide bonds. The van der Waals surface area contributed by atoms with Crippen molar-refractivity contribution in [1.29, 1.82) is 0 Å². The Labute approximate surface area is 237 Å². The monoisotopic (exact) mass is 545 g/mol. The zero-order chi connectivity index (χ0) is 28.5. The smallest absolute Gasteiger partial charge is 0.319 e. The molecule has 8 heteroatoms. The normalized spacial score (nSPS) is 20.7. The highest BCUT2D eigenvalue weighted by atomic mass is 16.5. The average molecular weight is 546 g/mol. The molecule has 2 heterocycles. The highest BCUT2D eigenvalue weighted by Gasteiger charge is 2.34. The standard InChI is InChI=1S/C31H55N5O3/c1-5-7-12-23-39-27(3)14-13-15-28-24-29(16-20-35-22-21-33(4)31(35)38)36(25-28)26-30(37)34(18-8-6-2)19-11-9-10-17-32/h5,7,13-15,28-29H,6,8-12,16-26,32H2,1-4H3/b7-5+,15-13+,27-14+/t28-,29+/m1/s1. The number of carbonyl (C=O) groups is 2. The number of amides is 3. The van der Waals surface area contributed by atoms with Gasteiger partial charge in [0.1, 0.15) is 0 Å². The fourth-order valence-corrected chi connectivity index (χ4v) is 5.33. The molecule has 0 saturated carbocycles. The van der Waals surface area contributed by atoms with E-state index in [-0.39, 0.29) is 18.0 Å². The second-order valence-electron chi connectivity index (χ2n) is 11.0. The molecule has 2 saturated heterocycles. The molecular formula is C31H55N5O3. The summed E-state index contributed by atoms with van der Waals surface area (Å²) in [6, 6.07) is 0.403. The van der Waals surface area contributed by atoms with Crippen LogP contribution in [0.3, 0.4) is 0 Å². The Bertz CT molecular complexity index is 812. The first-order valence-corrected chi connectivity index (χ1v) is 15.2. The lowest BCUT2D eigenvalue weighted by Gasteiger charge is -2.29. The fourth-order valence-electron chi connectivity index (χ4n) is 5.33. The summed E-state index contributed by atoms with van der Waals surface area (Å²) < 4.78 is 5.77. The van der Waals surface area contributed by atoms with E-state index in [1.54, 1.807) is 4.90 Å². The predicted octanol–water partition coefficient (Wildman–Crippen LogP) is 4.63. The van der Waals surface area contributed by atoms with E-state index < -0.39 is 0 Å². The van der Waals surface area contributed by atoms with Gasteiger partial charge in [-0.25, -0.2) is 4.79 Å². The summed E-state index contributed by atoms with van der Waals surface area (Å²) in [5.41, 5.74) is 5.66. The lowest BCUT2D eigenvalue weighted by molar-refractivity contribution is -0.132. The molecule has 2 atom stereocenters. The van der Waals surface area contributed by atoms with E-state index in [2.05, 4.69) is 35.0 Å². The number of likely N-dealkylation sites (N-methyl/N-ethyl adjacent to an activating group) is 1. The van der Waals surface area contributed by atoms with Crippen molar-refractivity contribution in [3.63, 3.8) is 0 Å². The summed E-state index contributed by atoms with van der Waals surface area (Å²) >= 11 is 0. The predicted molar refractivity (Wildman–Crippen MR) is 160 cm³/mol. The van der Waals surface area contributed by atoms with Gasteiger partial charge in [-0.05, 0) is 70.9 Å². The molecule has 0 aromatic heterocycles. The van der Waals surface area contributed by atoms with Crippen LogP contribution >= 0.6 is 0 Å². The van der Waals surface area contributed by atoms with Crippen LogP contribution in [0.25, 0.3) is 0 Å². The van der Waals surface area contributed by atoms with Gasteiger partial charge in [-0.3, -0.25) is 9.69 Å². The van der Waals surface area contributed by atoms with E-state index in [0.29, 0.717) is 25.6 Å².